The van der Waals surface area contributed by atoms with Crippen molar-refractivity contribution in [3.05, 3.63) is 181 Å². The van der Waals surface area contributed by atoms with Crippen molar-refractivity contribution in [2.24, 2.45) is 0 Å². The van der Waals surface area contributed by atoms with E-state index < -0.39 is 0 Å². The van der Waals surface area contributed by atoms with Gasteiger partial charge in [-0.2, -0.15) is 0 Å². The molecule has 0 radical (unpaired) electrons. The Balaban J connectivity index is 1.21. The Hall–Kier alpha value is -7.04. The molecule has 0 N–H and O–H groups in total. The lowest BCUT2D eigenvalue weighted by molar-refractivity contribution is 0.660. The Morgan fingerprint density at radius 2 is 1.13 bits per heavy atom. The minimum absolute atomic E-state index is 0.139. The van der Waals surface area contributed by atoms with Gasteiger partial charge in [-0.25, -0.2) is 9.97 Å². The van der Waals surface area contributed by atoms with Gasteiger partial charge in [-0.15, -0.1) is 0 Å². The first-order valence-corrected chi connectivity index (χ1v) is 19.0. The molecule has 0 spiro atoms. The SMILES string of the molecule is CC1(C)c2ccccc2-c2ccc(-c3nc4ccccc4nc3-n3c4ccccc4c4cc5c6c7ccccc7ccc6n(-c6ccccc6)c5cc43)cc21. The molecule has 0 fully saturated rings. The fourth-order valence-corrected chi connectivity index (χ4v) is 9.52. The third-order valence-corrected chi connectivity index (χ3v) is 12.1. The summed E-state index contributed by atoms with van der Waals surface area (Å²) in [5.41, 5.74) is 14.5. The van der Waals surface area contributed by atoms with Gasteiger partial charge in [0.05, 0.1) is 33.1 Å². The lowest BCUT2D eigenvalue weighted by Crippen LogP contribution is -2.15. The molecule has 0 aliphatic heterocycles. The average molecular weight is 703 g/mol. The molecule has 8 aromatic carbocycles. The maximum Gasteiger partial charge on any atom is 0.165 e. The average Bonchev–Trinajstić information content (AvgIpc) is 3.82. The molecule has 0 saturated carbocycles. The van der Waals surface area contributed by atoms with E-state index in [2.05, 4.69) is 181 Å². The summed E-state index contributed by atoms with van der Waals surface area (Å²) in [7, 11) is 0. The Bertz CT molecular complexity index is 3400. The highest BCUT2D eigenvalue weighted by molar-refractivity contribution is 6.25. The second kappa shape index (κ2) is 11.0. The van der Waals surface area contributed by atoms with E-state index in [0.29, 0.717) is 0 Å². The highest BCUT2D eigenvalue weighted by Crippen LogP contribution is 2.50. The summed E-state index contributed by atoms with van der Waals surface area (Å²) in [6.45, 7) is 4.67. The Morgan fingerprint density at radius 3 is 2.00 bits per heavy atom. The zero-order valence-electron chi connectivity index (χ0n) is 30.5. The Morgan fingerprint density at radius 1 is 0.436 bits per heavy atom. The Kier molecular flexibility index (Phi) is 6.09. The summed E-state index contributed by atoms with van der Waals surface area (Å²) in [6, 6.07) is 61.5. The van der Waals surface area contributed by atoms with Crippen molar-refractivity contribution in [2.75, 3.05) is 0 Å². The van der Waals surface area contributed by atoms with Gasteiger partial charge in [0.25, 0.3) is 0 Å². The van der Waals surface area contributed by atoms with Crippen LogP contribution in [0.25, 0.3) is 99.3 Å². The molecular weight excluding hydrogens is 669 g/mol. The second-order valence-corrected chi connectivity index (χ2v) is 15.4. The maximum absolute atomic E-state index is 5.50. The lowest BCUT2D eigenvalue weighted by Gasteiger charge is -2.22. The van der Waals surface area contributed by atoms with Gasteiger partial charge < -0.3 is 4.57 Å². The van der Waals surface area contributed by atoms with E-state index in [4.69, 9.17) is 9.97 Å². The van der Waals surface area contributed by atoms with Crippen LogP contribution in [-0.2, 0) is 5.41 Å². The monoisotopic (exact) mass is 702 g/mol. The molecule has 0 atom stereocenters. The summed E-state index contributed by atoms with van der Waals surface area (Å²) < 4.78 is 4.78. The quantitative estimate of drug-likeness (QED) is 0.184. The van der Waals surface area contributed by atoms with E-state index >= 15 is 0 Å². The molecular formula is C51H34N4. The van der Waals surface area contributed by atoms with Crippen molar-refractivity contribution in [3.63, 3.8) is 0 Å². The summed E-state index contributed by atoms with van der Waals surface area (Å²) in [5, 5.41) is 7.37. The molecule has 3 heterocycles. The molecule has 55 heavy (non-hydrogen) atoms. The van der Waals surface area contributed by atoms with Gasteiger partial charge in [-0.1, -0.05) is 129 Å². The van der Waals surface area contributed by atoms with Gasteiger partial charge in [-0.3, -0.25) is 4.57 Å². The molecule has 3 aromatic heterocycles. The van der Waals surface area contributed by atoms with Gasteiger partial charge in [0.15, 0.2) is 5.82 Å². The van der Waals surface area contributed by atoms with Crippen LogP contribution in [0.5, 0.6) is 0 Å². The maximum atomic E-state index is 5.50. The van der Waals surface area contributed by atoms with Gasteiger partial charge in [-0.05, 0) is 87.6 Å². The molecule has 1 aliphatic carbocycles. The van der Waals surface area contributed by atoms with Gasteiger partial charge in [0, 0.05) is 38.2 Å². The Labute approximate surface area is 317 Å². The van der Waals surface area contributed by atoms with E-state index in [0.717, 1.165) is 50.3 Å². The molecule has 0 bridgehead atoms. The van der Waals surface area contributed by atoms with Crippen LogP contribution in [0.4, 0.5) is 0 Å². The second-order valence-electron chi connectivity index (χ2n) is 15.4. The number of para-hydroxylation sites is 4. The topological polar surface area (TPSA) is 35.6 Å². The van der Waals surface area contributed by atoms with Crippen molar-refractivity contribution in [3.8, 4) is 33.9 Å². The normalized spacial score (nSPS) is 13.4. The van der Waals surface area contributed by atoms with Crippen molar-refractivity contribution >= 4 is 65.4 Å². The van der Waals surface area contributed by atoms with Crippen LogP contribution in [0.3, 0.4) is 0 Å². The van der Waals surface area contributed by atoms with E-state index in [1.165, 1.54) is 60.1 Å². The minimum Gasteiger partial charge on any atom is -0.309 e. The molecule has 1 aliphatic rings. The summed E-state index contributed by atoms with van der Waals surface area (Å²) in [6.07, 6.45) is 0. The number of hydrogen-bond donors (Lipinski definition) is 0. The van der Waals surface area contributed by atoms with Gasteiger partial charge >= 0.3 is 0 Å². The van der Waals surface area contributed by atoms with E-state index in [9.17, 15) is 0 Å². The van der Waals surface area contributed by atoms with Crippen LogP contribution in [0.2, 0.25) is 0 Å². The zero-order chi connectivity index (χ0) is 36.4. The fraction of sp³-hybridized carbons (Fsp3) is 0.0588. The highest BCUT2D eigenvalue weighted by Gasteiger charge is 2.35. The zero-order valence-corrected chi connectivity index (χ0v) is 30.5. The van der Waals surface area contributed by atoms with Crippen LogP contribution in [-0.4, -0.2) is 19.1 Å². The van der Waals surface area contributed by atoms with Crippen LogP contribution in [0.15, 0.2) is 170 Å². The number of nitrogens with zero attached hydrogens (tertiary/aromatic N) is 4. The third-order valence-electron chi connectivity index (χ3n) is 12.1. The highest BCUT2D eigenvalue weighted by atomic mass is 15.1. The smallest absolute Gasteiger partial charge is 0.165 e. The van der Waals surface area contributed by atoms with Crippen LogP contribution in [0.1, 0.15) is 25.0 Å². The molecule has 4 nitrogen and oxygen atoms in total. The van der Waals surface area contributed by atoms with Crippen LogP contribution < -0.4 is 0 Å². The molecule has 258 valence electrons. The molecule has 0 unspecified atom stereocenters. The number of fused-ring (bicyclic) bond motifs is 12. The third kappa shape index (κ3) is 4.17. The predicted octanol–water partition coefficient (Wildman–Crippen LogP) is 13.0. The van der Waals surface area contributed by atoms with Gasteiger partial charge in [0.1, 0.15) is 5.69 Å². The first-order chi connectivity index (χ1) is 27.0. The lowest BCUT2D eigenvalue weighted by atomic mass is 9.82. The first kappa shape index (κ1) is 30.4. The molecule has 0 saturated heterocycles. The molecule has 11 aromatic rings. The summed E-state index contributed by atoms with van der Waals surface area (Å²) in [4.78, 5) is 10.9. The first-order valence-electron chi connectivity index (χ1n) is 19.0. The van der Waals surface area contributed by atoms with Crippen molar-refractivity contribution in [1.29, 1.82) is 0 Å². The summed E-state index contributed by atoms with van der Waals surface area (Å²) >= 11 is 0. The predicted molar refractivity (Wildman–Crippen MR) is 229 cm³/mol. The number of aromatic nitrogens is 4. The van der Waals surface area contributed by atoms with Crippen LogP contribution >= 0.6 is 0 Å². The number of benzene rings is 8. The van der Waals surface area contributed by atoms with Crippen molar-refractivity contribution in [1.82, 2.24) is 19.1 Å². The van der Waals surface area contributed by atoms with Gasteiger partial charge in [0.2, 0.25) is 0 Å². The van der Waals surface area contributed by atoms with E-state index in [1.807, 2.05) is 12.1 Å². The largest absolute Gasteiger partial charge is 0.309 e. The number of rotatable bonds is 3. The fourth-order valence-electron chi connectivity index (χ4n) is 9.52. The molecule has 0 amide bonds. The van der Waals surface area contributed by atoms with Crippen LogP contribution in [0, 0.1) is 0 Å². The van der Waals surface area contributed by atoms with E-state index in [1.54, 1.807) is 0 Å². The summed E-state index contributed by atoms with van der Waals surface area (Å²) in [5.74, 6) is 0.824. The van der Waals surface area contributed by atoms with Crippen molar-refractivity contribution in [2.45, 2.75) is 19.3 Å². The van der Waals surface area contributed by atoms with E-state index in [-0.39, 0.29) is 5.41 Å². The molecule has 4 heteroatoms. The molecule has 12 rings (SSSR count). The van der Waals surface area contributed by atoms with Crippen molar-refractivity contribution < 1.29 is 0 Å². The minimum atomic E-state index is -0.139. The number of hydrogen-bond acceptors (Lipinski definition) is 2. The standard InChI is InChI=1S/C51H34N4/c1-51(2)40-20-10-8-18-35(40)36-26-24-32(28-41(36)51)49-50(53-43-22-12-11-21-42(43)52-49)55-44-23-13-9-19-37(44)38-29-39-47(30-46(38)55)54(33-15-4-3-5-16-33)45-27-25-31-14-6-7-17-34(31)48(39)45/h3-30H,1-2H3.